The molecule has 1 atom stereocenters. The van der Waals surface area contributed by atoms with Gasteiger partial charge in [0.1, 0.15) is 17.5 Å². The Bertz CT molecular complexity index is 703. The second kappa shape index (κ2) is 5.27. The van der Waals surface area contributed by atoms with Gasteiger partial charge in [-0.15, -0.1) is 0 Å². The van der Waals surface area contributed by atoms with Crippen molar-refractivity contribution < 1.29 is 18.2 Å². The number of hydrogen-bond donors (Lipinski definition) is 1. The monoisotopic (exact) mass is 284 g/mol. The highest BCUT2D eigenvalue weighted by atomic mass is 32.2. The molecule has 0 amide bonds. The first-order chi connectivity index (χ1) is 9.01. The third kappa shape index (κ3) is 2.84. The summed E-state index contributed by atoms with van der Waals surface area (Å²) < 4.78 is 24.4. The average Bonchev–Trinajstić information content (AvgIpc) is 2.64. The smallest absolute Gasteiger partial charge is 0.420 e. The highest BCUT2D eigenvalue weighted by molar-refractivity contribution is 7.85. The number of nitrogens with one attached hydrogen (secondary N) is 1. The summed E-state index contributed by atoms with van der Waals surface area (Å²) in [5, 5.41) is 0. The van der Waals surface area contributed by atoms with Crippen LogP contribution in [0.2, 0.25) is 0 Å². The van der Waals surface area contributed by atoms with Gasteiger partial charge in [0.25, 0.3) is 0 Å². The number of carbonyl (C=O) groups is 1. The van der Waals surface area contributed by atoms with Crippen molar-refractivity contribution in [1.29, 1.82) is 0 Å². The summed E-state index contributed by atoms with van der Waals surface area (Å²) in [7, 11) is 0.0250. The molecule has 0 radical (unpaired) electrons. The normalized spacial score (nSPS) is 12.3. The standard InChI is InChI=1S/C11H12N2O5S/c1-17-10(14)6-13-8-4-3-7(12-19(2)16)5-9(8)18-11(13)15/h3-5,12H,6H2,1-2H3. The van der Waals surface area contributed by atoms with Crippen molar-refractivity contribution in [3.8, 4) is 0 Å². The molecule has 7 nitrogen and oxygen atoms in total. The van der Waals surface area contributed by atoms with Crippen LogP contribution < -0.4 is 10.5 Å². The highest BCUT2D eigenvalue weighted by Crippen LogP contribution is 2.18. The predicted molar refractivity (Wildman–Crippen MR) is 70.2 cm³/mol. The van der Waals surface area contributed by atoms with Crippen molar-refractivity contribution >= 4 is 33.7 Å². The van der Waals surface area contributed by atoms with E-state index in [2.05, 4.69) is 9.46 Å². The maximum absolute atomic E-state index is 11.6. The summed E-state index contributed by atoms with van der Waals surface area (Å²) in [6, 6.07) is 4.80. The maximum atomic E-state index is 11.6. The molecule has 8 heteroatoms. The number of fused-ring (bicyclic) bond motifs is 1. The van der Waals surface area contributed by atoms with Crippen molar-refractivity contribution in [1.82, 2.24) is 4.57 Å². The van der Waals surface area contributed by atoms with Crippen LogP contribution in [0, 0.1) is 0 Å². The second-order valence-corrected chi connectivity index (χ2v) is 4.88. The van der Waals surface area contributed by atoms with Gasteiger partial charge in [-0.1, -0.05) is 0 Å². The molecular weight excluding hydrogens is 272 g/mol. The first-order valence-electron chi connectivity index (χ1n) is 5.31. The van der Waals surface area contributed by atoms with E-state index in [0.717, 1.165) is 0 Å². The van der Waals surface area contributed by atoms with Gasteiger partial charge in [-0.25, -0.2) is 9.00 Å². The van der Waals surface area contributed by atoms with Crippen LogP contribution in [0.1, 0.15) is 0 Å². The van der Waals surface area contributed by atoms with Crippen molar-refractivity contribution in [2.45, 2.75) is 6.54 Å². The fourth-order valence-corrected chi connectivity index (χ4v) is 2.10. The van der Waals surface area contributed by atoms with E-state index >= 15 is 0 Å². The van der Waals surface area contributed by atoms with E-state index in [1.165, 1.54) is 17.9 Å². The number of benzene rings is 1. The Balaban J connectivity index is 2.45. The van der Waals surface area contributed by atoms with E-state index in [4.69, 9.17) is 4.42 Å². The largest absolute Gasteiger partial charge is 0.468 e. The molecule has 1 N–H and O–H groups in total. The molecular formula is C11H12N2O5S. The minimum Gasteiger partial charge on any atom is -0.468 e. The molecule has 1 heterocycles. The van der Waals surface area contributed by atoms with E-state index in [1.54, 1.807) is 18.2 Å². The van der Waals surface area contributed by atoms with Gasteiger partial charge < -0.3 is 13.9 Å². The van der Waals surface area contributed by atoms with Crippen LogP contribution >= 0.6 is 0 Å². The van der Waals surface area contributed by atoms with Gasteiger partial charge in [-0.05, 0) is 12.1 Å². The molecule has 0 aliphatic rings. The van der Waals surface area contributed by atoms with Crippen LogP contribution in [-0.2, 0) is 27.1 Å². The van der Waals surface area contributed by atoms with Crippen molar-refractivity contribution in [2.75, 3.05) is 18.1 Å². The summed E-state index contributed by atoms with van der Waals surface area (Å²) in [6.07, 6.45) is 1.49. The minimum atomic E-state index is -1.22. The molecule has 1 aromatic heterocycles. The molecule has 0 bridgehead atoms. The van der Waals surface area contributed by atoms with Crippen molar-refractivity contribution in [3.63, 3.8) is 0 Å². The fourth-order valence-electron chi connectivity index (χ4n) is 1.64. The van der Waals surface area contributed by atoms with Crippen LogP contribution in [0.5, 0.6) is 0 Å². The predicted octanol–water partition coefficient (Wildman–Crippen LogP) is 0.473. The molecule has 19 heavy (non-hydrogen) atoms. The lowest BCUT2D eigenvalue weighted by Gasteiger charge is -2.02. The summed E-state index contributed by atoms with van der Waals surface area (Å²) in [5.41, 5.74) is 1.35. The zero-order valence-electron chi connectivity index (χ0n) is 10.3. The third-order valence-electron chi connectivity index (χ3n) is 2.44. The molecule has 1 unspecified atom stereocenters. The van der Waals surface area contributed by atoms with E-state index in [-0.39, 0.29) is 6.54 Å². The van der Waals surface area contributed by atoms with Crippen LogP contribution in [0.25, 0.3) is 11.1 Å². The maximum Gasteiger partial charge on any atom is 0.420 e. The van der Waals surface area contributed by atoms with Gasteiger partial charge in [-0.3, -0.25) is 9.36 Å². The number of rotatable bonds is 4. The van der Waals surface area contributed by atoms with Crippen molar-refractivity contribution in [2.24, 2.45) is 0 Å². The number of carbonyl (C=O) groups excluding carboxylic acids is 1. The molecule has 0 saturated heterocycles. The van der Waals surface area contributed by atoms with E-state index in [1.807, 2.05) is 0 Å². The Morgan fingerprint density at radius 2 is 2.26 bits per heavy atom. The molecule has 0 spiro atoms. The van der Waals surface area contributed by atoms with E-state index in [0.29, 0.717) is 16.8 Å². The molecule has 102 valence electrons. The number of ether oxygens (including phenoxy) is 1. The van der Waals surface area contributed by atoms with Crippen LogP contribution in [0.15, 0.2) is 27.4 Å². The molecule has 1 aromatic carbocycles. The van der Waals surface area contributed by atoms with Gasteiger partial charge in [0, 0.05) is 12.3 Å². The van der Waals surface area contributed by atoms with E-state index in [9.17, 15) is 13.8 Å². The summed E-state index contributed by atoms with van der Waals surface area (Å²) >= 11 is 0. The molecule has 0 aliphatic carbocycles. The number of aromatic nitrogens is 1. The molecule has 0 aliphatic heterocycles. The Labute approximate surface area is 110 Å². The third-order valence-corrected chi connectivity index (χ3v) is 2.97. The molecule has 2 rings (SSSR count). The van der Waals surface area contributed by atoms with Gasteiger partial charge in [0.2, 0.25) is 0 Å². The first kappa shape index (κ1) is 13.3. The first-order valence-corrected chi connectivity index (χ1v) is 6.87. The number of methoxy groups -OCH3 is 1. The summed E-state index contributed by atoms with van der Waals surface area (Å²) in [6.45, 7) is -0.213. The summed E-state index contributed by atoms with van der Waals surface area (Å²) in [5.74, 6) is -1.18. The SMILES string of the molecule is COC(=O)Cn1c(=O)oc2cc(NS(C)=O)ccc21. The zero-order valence-corrected chi connectivity index (χ0v) is 11.2. The van der Waals surface area contributed by atoms with Crippen molar-refractivity contribution in [3.05, 3.63) is 28.7 Å². The Kier molecular flexibility index (Phi) is 3.70. The van der Waals surface area contributed by atoms with Crippen LogP contribution in [0.4, 0.5) is 5.69 Å². The number of anilines is 1. The molecule has 0 fully saturated rings. The lowest BCUT2D eigenvalue weighted by atomic mass is 10.3. The minimum absolute atomic E-state index is 0.213. The van der Waals surface area contributed by atoms with Crippen LogP contribution in [0.3, 0.4) is 0 Å². The second-order valence-electron chi connectivity index (χ2n) is 3.77. The molecule has 2 aromatic rings. The summed E-state index contributed by atoms with van der Waals surface area (Å²) in [4.78, 5) is 22.8. The lowest BCUT2D eigenvalue weighted by molar-refractivity contribution is -0.141. The number of esters is 1. The molecule has 0 saturated carbocycles. The van der Waals surface area contributed by atoms with Gasteiger partial charge >= 0.3 is 11.7 Å². The topological polar surface area (TPSA) is 90.5 Å². The van der Waals surface area contributed by atoms with E-state index < -0.39 is 22.7 Å². The quantitative estimate of drug-likeness (QED) is 0.824. The number of hydrogen-bond acceptors (Lipinski definition) is 5. The fraction of sp³-hybridized carbons (Fsp3) is 0.273. The highest BCUT2D eigenvalue weighted by Gasteiger charge is 2.13. The number of oxazole rings is 1. The zero-order chi connectivity index (χ0) is 14.0. The number of nitrogens with zero attached hydrogens (tertiary/aromatic N) is 1. The lowest BCUT2D eigenvalue weighted by Crippen LogP contribution is -2.20. The Morgan fingerprint density at radius 3 is 2.89 bits per heavy atom. The average molecular weight is 284 g/mol. The van der Waals surface area contributed by atoms with Gasteiger partial charge in [-0.2, -0.15) is 0 Å². The Hall–Kier alpha value is -2.09. The van der Waals surface area contributed by atoms with Gasteiger partial charge in [0.15, 0.2) is 5.58 Å². The Morgan fingerprint density at radius 1 is 1.53 bits per heavy atom. The van der Waals surface area contributed by atoms with Gasteiger partial charge in [0.05, 0.1) is 18.3 Å². The van der Waals surface area contributed by atoms with Crippen LogP contribution in [-0.4, -0.2) is 28.1 Å².